The summed E-state index contributed by atoms with van der Waals surface area (Å²) in [5.74, 6) is 1.37. The van der Waals surface area contributed by atoms with Crippen LogP contribution in [0.3, 0.4) is 0 Å². The summed E-state index contributed by atoms with van der Waals surface area (Å²) in [6, 6.07) is 0.914. The summed E-state index contributed by atoms with van der Waals surface area (Å²) < 4.78 is 0. The van der Waals surface area contributed by atoms with E-state index in [1.165, 1.54) is 0 Å². The SMILES string of the molecule is CC1CC1NC(=O)NC1CC1C. The number of rotatable bonds is 2. The molecule has 12 heavy (non-hydrogen) atoms. The molecule has 0 saturated heterocycles. The smallest absolute Gasteiger partial charge is 0.315 e. The predicted octanol–water partition coefficient (Wildman–Crippen LogP) is 1.10. The highest BCUT2D eigenvalue weighted by molar-refractivity contribution is 5.75. The summed E-state index contributed by atoms with van der Waals surface area (Å²) in [5, 5.41) is 5.89. The van der Waals surface area contributed by atoms with E-state index in [-0.39, 0.29) is 6.03 Å². The Balaban J connectivity index is 1.64. The maximum absolute atomic E-state index is 11.2. The van der Waals surface area contributed by atoms with Gasteiger partial charge in [-0.25, -0.2) is 4.79 Å². The third-order valence-corrected chi connectivity index (χ3v) is 2.85. The molecule has 2 saturated carbocycles. The van der Waals surface area contributed by atoms with E-state index in [9.17, 15) is 4.79 Å². The van der Waals surface area contributed by atoms with Crippen LogP contribution in [0.2, 0.25) is 0 Å². The van der Waals surface area contributed by atoms with E-state index >= 15 is 0 Å². The Hall–Kier alpha value is -0.730. The van der Waals surface area contributed by atoms with Gasteiger partial charge in [0.05, 0.1) is 0 Å². The number of urea groups is 1. The van der Waals surface area contributed by atoms with Crippen molar-refractivity contribution in [1.82, 2.24) is 10.6 Å². The Morgan fingerprint density at radius 1 is 1.08 bits per heavy atom. The Kier molecular flexibility index (Phi) is 1.74. The van der Waals surface area contributed by atoms with Crippen molar-refractivity contribution in [2.75, 3.05) is 0 Å². The van der Waals surface area contributed by atoms with Crippen LogP contribution in [0.4, 0.5) is 4.79 Å². The molecular formula is C9H16N2O. The molecule has 2 aliphatic carbocycles. The fourth-order valence-electron chi connectivity index (χ4n) is 1.42. The predicted molar refractivity (Wildman–Crippen MR) is 46.8 cm³/mol. The zero-order valence-electron chi connectivity index (χ0n) is 7.63. The molecule has 0 spiro atoms. The average molecular weight is 168 g/mol. The van der Waals surface area contributed by atoms with E-state index in [1.807, 2.05) is 0 Å². The van der Waals surface area contributed by atoms with Crippen molar-refractivity contribution < 1.29 is 4.79 Å². The maximum atomic E-state index is 11.2. The standard InChI is InChI=1S/C9H16N2O/c1-5-3-7(5)10-9(12)11-8-4-6(8)2/h5-8H,3-4H2,1-2H3,(H2,10,11,12). The number of hydrogen-bond donors (Lipinski definition) is 2. The summed E-state index contributed by atoms with van der Waals surface area (Å²) in [6.07, 6.45) is 2.29. The zero-order valence-corrected chi connectivity index (χ0v) is 7.63. The Labute approximate surface area is 72.9 Å². The van der Waals surface area contributed by atoms with Gasteiger partial charge in [-0.05, 0) is 24.7 Å². The number of carbonyl (C=O) groups excluding carboxylic acids is 1. The first-order valence-corrected chi connectivity index (χ1v) is 4.74. The molecule has 0 heterocycles. The van der Waals surface area contributed by atoms with Gasteiger partial charge in [0.2, 0.25) is 0 Å². The van der Waals surface area contributed by atoms with Crippen LogP contribution in [-0.4, -0.2) is 18.1 Å². The van der Waals surface area contributed by atoms with Gasteiger partial charge in [0.15, 0.2) is 0 Å². The van der Waals surface area contributed by atoms with Crippen molar-refractivity contribution >= 4 is 6.03 Å². The van der Waals surface area contributed by atoms with Gasteiger partial charge in [-0.1, -0.05) is 13.8 Å². The molecule has 0 aromatic carbocycles. The van der Waals surface area contributed by atoms with Gasteiger partial charge in [-0.15, -0.1) is 0 Å². The third kappa shape index (κ3) is 1.71. The fourth-order valence-corrected chi connectivity index (χ4v) is 1.42. The second kappa shape index (κ2) is 2.64. The van der Waals surface area contributed by atoms with E-state index in [0.717, 1.165) is 12.8 Å². The molecule has 0 radical (unpaired) electrons. The molecule has 4 atom stereocenters. The summed E-state index contributed by atoms with van der Waals surface area (Å²) >= 11 is 0. The zero-order chi connectivity index (χ0) is 8.72. The van der Waals surface area contributed by atoms with Crippen LogP contribution in [0.15, 0.2) is 0 Å². The monoisotopic (exact) mass is 168 g/mol. The molecule has 2 fully saturated rings. The number of carbonyl (C=O) groups is 1. The highest BCUT2D eigenvalue weighted by atomic mass is 16.2. The number of hydrogen-bond acceptors (Lipinski definition) is 1. The fraction of sp³-hybridized carbons (Fsp3) is 0.889. The molecule has 0 bridgehead atoms. The van der Waals surface area contributed by atoms with Crippen LogP contribution in [0.1, 0.15) is 26.7 Å². The van der Waals surface area contributed by atoms with Crippen LogP contribution >= 0.6 is 0 Å². The van der Waals surface area contributed by atoms with Crippen molar-refractivity contribution in [2.24, 2.45) is 11.8 Å². The van der Waals surface area contributed by atoms with Gasteiger partial charge >= 0.3 is 6.03 Å². The lowest BCUT2D eigenvalue weighted by atomic mass is 10.5. The molecule has 2 rings (SSSR count). The molecule has 0 aliphatic heterocycles. The topological polar surface area (TPSA) is 41.1 Å². The van der Waals surface area contributed by atoms with Crippen LogP contribution < -0.4 is 10.6 Å². The van der Waals surface area contributed by atoms with Crippen molar-refractivity contribution in [3.63, 3.8) is 0 Å². The minimum atomic E-state index is 0.0266. The summed E-state index contributed by atoms with van der Waals surface area (Å²) in [5.41, 5.74) is 0. The molecule has 3 heteroatoms. The highest BCUT2D eigenvalue weighted by Crippen LogP contribution is 2.30. The van der Waals surface area contributed by atoms with Gasteiger partial charge in [0.1, 0.15) is 0 Å². The molecule has 68 valence electrons. The van der Waals surface area contributed by atoms with E-state index in [1.54, 1.807) is 0 Å². The van der Waals surface area contributed by atoms with E-state index < -0.39 is 0 Å². The van der Waals surface area contributed by atoms with Gasteiger partial charge in [-0.3, -0.25) is 0 Å². The first-order valence-electron chi connectivity index (χ1n) is 4.74. The Morgan fingerprint density at radius 2 is 1.42 bits per heavy atom. The van der Waals surface area contributed by atoms with E-state index in [2.05, 4.69) is 24.5 Å². The largest absolute Gasteiger partial charge is 0.335 e. The Bertz CT molecular complexity index is 185. The van der Waals surface area contributed by atoms with E-state index in [4.69, 9.17) is 0 Å². The molecule has 2 aliphatic rings. The highest BCUT2D eigenvalue weighted by Gasteiger charge is 2.37. The summed E-state index contributed by atoms with van der Waals surface area (Å²) in [4.78, 5) is 11.2. The average Bonchev–Trinajstić information content (AvgIpc) is 2.80. The maximum Gasteiger partial charge on any atom is 0.315 e. The van der Waals surface area contributed by atoms with Gasteiger partial charge in [-0.2, -0.15) is 0 Å². The number of nitrogens with one attached hydrogen (secondary N) is 2. The molecular weight excluding hydrogens is 152 g/mol. The van der Waals surface area contributed by atoms with Crippen LogP contribution in [0.5, 0.6) is 0 Å². The molecule has 3 nitrogen and oxygen atoms in total. The van der Waals surface area contributed by atoms with Crippen molar-refractivity contribution in [1.29, 1.82) is 0 Å². The van der Waals surface area contributed by atoms with Crippen molar-refractivity contribution in [3.8, 4) is 0 Å². The molecule has 4 unspecified atom stereocenters. The lowest BCUT2D eigenvalue weighted by Crippen LogP contribution is -2.39. The van der Waals surface area contributed by atoms with Gasteiger partial charge in [0, 0.05) is 12.1 Å². The second-order valence-corrected chi connectivity index (χ2v) is 4.26. The van der Waals surface area contributed by atoms with Crippen LogP contribution in [0.25, 0.3) is 0 Å². The first-order chi connectivity index (χ1) is 5.66. The lowest BCUT2D eigenvalue weighted by Gasteiger charge is -2.04. The van der Waals surface area contributed by atoms with E-state index in [0.29, 0.717) is 23.9 Å². The lowest BCUT2D eigenvalue weighted by molar-refractivity contribution is 0.239. The third-order valence-electron chi connectivity index (χ3n) is 2.85. The summed E-state index contributed by atoms with van der Waals surface area (Å²) in [7, 11) is 0. The minimum absolute atomic E-state index is 0.0266. The Morgan fingerprint density at radius 3 is 1.67 bits per heavy atom. The molecule has 2 N–H and O–H groups in total. The second-order valence-electron chi connectivity index (χ2n) is 4.26. The number of amides is 2. The normalized spacial score (nSPS) is 43.5. The van der Waals surface area contributed by atoms with Crippen molar-refractivity contribution in [2.45, 2.75) is 38.8 Å². The minimum Gasteiger partial charge on any atom is -0.335 e. The molecule has 0 aromatic heterocycles. The molecule has 0 aromatic rings. The summed E-state index contributed by atoms with van der Waals surface area (Å²) in [6.45, 7) is 4.31. The van der Waals surface area contributed by atoms with Crippen LogP contribution in [0, 0.1) is 11.8 Å². The quantitative estimate of drug-likeness (QED) is 0.637. The van der Waals surface area contributed by atoms with Gasteiger partial charge < -0.3 is 10.6 Å². The van der Waals surface area contributed by atoms with Crippen LogP contribution in [-0.2, 0) is 0 Å². The molecule has 2 amide bonds. The van der Waals surface area contributed by atoms with Crippen molar-refractivity contribution in [3.05, 3.63) is 0 Å². The van der Waals surface area contributed by atoms with Gasteiger partial charge in [0.25, 0.3) is 0 Å². The first kappa shape index (κ1) is 7.90.